The van der Waals surface area contributed by atoms with E-state index in [4.69, 9.17) is 9.47 Å². The Kier molecular flexibility index (Phi) is 5.29. The van der Waals surface area contributed by atoms with Crippen LogP contribution in [0.4, 0.5) is 5.69 Å². The van der Waals surface area contributed by atoms with E-state index in [0.29, 0.717) is 0 Å². The van der Waals surface area contributed by atoms with Crippen LogP contribution in [0, 0.1) is 0 Å². The minimum Gasteiger partial charge on any atom is -0.455 e. The molecule has 0 radical (unpaired) electrons. The van der Waals surface area contributed by atoms with Crippen LogP contribution in [0.25, 0.3) is 0 Å². The molecular formula is C18H22N2O2. The number of nitrogens with one attached hydrogen (secondary N) is 1. The SMILES string of the molecule is c1ccc(Oc2ccccc2NCCN2CCOCC2)cc1. The lowest BCUT2D eigenvalue weighted by Crippen LogP contribution is -2.39. The molecular weight excluding hydrogens is 276 g/mol. The van der Waals surface area contributed by atoms with Crippen molar-refractivity contribution in [3.8, 4) is 11.5 Å². The summed E-state index contributed by atoms with van der Waals surface area (Å²) in [6.45, 7) is 5.63. The van der Waals surface area contributed by atoms with Crippen LogP contribution in [0.3, 0.4) is 0 Å². The van der Waals surface area contributed by atoms with Crippen molar-refractivity contribution < 1.29 is 9.47 Å². The summed E-state index contributed by atoms with van der Waals surface area (Å²) < 4.78 is 11.3. The van der Waals surface area contributed by atoms with Gasteiger partial charge in [0.15, 0.2) is 5.75 Å². The largest absolute Gasteiger partial charge is 0.455 e. The second kappa shape index (κ2) is 7.82. The molecule has 2 aromatic rings. The average Bonchev–Trinajstić information content (AvgIpc) is 2.58. The molecule has 0 atom stereocenters. The molecule has 0 aromatic heterocycles. The van der Waals surface area contributed by atoms with E-state index < -0.39 is 0 Å². The van der Waals surface area contributed by atoms with Crippen molar-refractivity contribution in [3.05, 3.63) is 54.6 Å². The van der Waals surface area contributed by atoms with Crippen molar-refractivity contribution in [1.82, 2.24) is 4.90 Å². The molecule has 4 nitrogen and oxygen atoms in total. The van der Waals surface area contributed by atoms with Gasteiger partial charge in [0.1, 0.15) is 5.75 Å². The summed E-state index contributed by atoms with van der Waals surface area (Å²) in [4.78, 5) is 2.41. The normalized spacial score (nSPS) is 15.5. The van der Waals surface area contributed by atoms with Gasteiger partial charge < -0.3 is 14.8 Å². The summed E-state index contributed by atoms with van der Waals surface area (Å²) in [7, 11) is 0. The maximum atomic E-state index is 5.96. The molecule has 22 heavy (non-hydrogen) atoms. The minimum atomic E-state index is 0.841. The minimum absolute atomic E-state index is 0.841. The van der Waals surface area contributed by atoms with Gasteiger partial charge in [0.05, 0.1) is 18.9 Å². The monoisotopic (exact) mass is 298 g/mol. The van der Waals surface area contributed by atoms with Crippen LogP contribution >= 0.6 is 0 Å². The molecule has 3 rings (SSSR count). The Morgan fingerprint density at radius 3 is 2.50 bits per heavy atom. The first-order chi connectivity index (χ1) is 10.9. The van der Waals surface area contributed by atoms with Gasteiger partial charge in [-0.25, -0.2) is 0 Å². The van der Waals surface area contributed by atoms with Crippen molar-refractivity contribution >= 4 is 5.69 Å². The summed E-state index contributed by atoms with van der Waals surface area (Å²) in [5, 5.41) is 3.47. The highest BCUT2D eigenvalue weighted by Gasteiger charge is 2.10. The topological polar surface area (TPSA) is 33.7 Å². The Morgan fingerprint density at radius 2 is 1.68 bits per heavy atom. The third-order valence-electron chi connectivity index (χ3n) is 3.71. The van der Waals surface area contributed by atoms with E-state index in [1.165, 1.54) is 0 Å². The zero-order valence-corrected chi connectivity index (χ0v) is 12.7. The number of hydrogen-bond acceptors (Lipinski definition) is 4. The highest BCUT2D eigenvalue weighted by Crippen LogP contribution is 2.28. The van der Waals surface area contributed by atoms with E-state index >= 15 is 0 Å². The van der Waals surface area contributed by atoms with Gasteiger partial charge in [0.2, 0.25) is 0 Å². The Hall–Kier alpha value is -2.04. The molecule has 4 heteroatoms. The second-order valence-electron chi connectivity index (χ2n) is 5.29. The Labute approximate surface area is 131 Å². The number of benzene rings is 2. The fourth-order valence-corrected chi connectivity index (χ4v) is 2.49. The van der Waals surface area contributed by atoms with Crippen molar-refractivity contribution in [3.63, 3.8) is 0 Å². The lowest BCUT2D eigenvalue weighted by Gasteiger charge is -2.26. The van der Waals surface area contributed by atoms with Crippen molar-refractivity contribution in [2.75, 3.05) is 44.7 Å². The van der Waals surface area contributed by atoms with Crippen LogP contribution in [-0.2, 0) is 4.74 Å². The standard InChI is InChI=1S/C18H22N2O2/c1-2-6-16(7-3-1)22-18-9-5-4-8-17(18)19-10-11-20-12-14-21-15-13-20/h1-9,19H,10-15H2. The molecule has 0 saturated carbocycles. The molecule has 0 aliphatic carbocycles. The highest BCUT2D eigenvalue weighted by molar-refractivity contribution is 5.57. The zero-order valence-electron chi connectivity index (χ0n) is 12.7. The molecule has 0 spiro atoms. The lowest BCUT2D eigenvalue weighted by atomic mass is 10.3. The van der Waals surface area contributed by atoms with Crippen LogP contribution in [-0.4, -0.2) is 44.3 Å². The molecule has 2 aromatic carbocycles. The van der Waals surface area contributed by atoms with Crippen LogP contribution < -0.4 is 10.1 Å². The van der Waals surface area contributed by atoms with Gasteiger partial charge in [0, 0.05) is 26.2 Å². The molecule has 1 saturated heterocycles. The maximum Gasteiger partial charge on any atom is 0.150 e. The first-order valence-electron chi connectivity index (χ1n) is 7.78. The summed E-state index contributed by atoms with van der Waals surface area (Å²) in [6, 6.07) is 17.9. The number of para-hydroxylation sites is 3. The lowest BCUT2D eigenvalue weighted by molar-refractivity contribution is 0.0398. The number of morpholine rings is 1. The molecule has 1 heterocycles. The molecule has 1 N–H and O–H groups in total. The molecule has 1 aliphatic rings. The van der Waals surface area contributed by atoms with Crippen molar-refractivity contribution in [2.24, 2.45) is 0 Å². The number of anilines is 1. The van der Waals surface area contributed by atoms with Crippen LogP contribution in [0.2, 0.25) is 0 Å². The van der Waals surface area contributed by atoms with Crippen molar-refractivity contribution in [1.29, 1.82) is 0 Å². The van der Waals surface area contributed by atoms with Crippen molar-refractivity contribution in [2.45, 2.75) is 0 Å². The van der Waals surface area contributed by atoms with Gasteiger partial charge in [-0.1, -0.05) is 30.3 Å². The molecule has 1 aliphatic heterocycles. The van der Waals surface area contributed by atoms with E-state index in [0.717, 1.165) is 56.6 Å². The van der Waals surface area contributed by atoms with Gasteiger partial charge in [-0.3, -0.25) is 4.90 Å². The first-order valence-corrected chi connectivity index (χ1v) is 7.78. The average molecular weight is 298 g/mol. The third-order valence-corrected chi connectivity index (χ3v) is 3.71. The second-order valence-corrected chi connectivity index (χ2v) is 5.29. The van der Waals surface area contributed by atoms with Gasteiger partial charge in [-0.2, -0.15) is 0 Å². The van der Waals surface area contributed by atoms with Gasteiger partial charge in [-0.15, -0.1) is 0 Å². The smallest absolute Gasteiger partial charge is 0.150 e. The summed E-state index contributed by atoms with van der Waals surface area (Å²) in [5.41, 5.74) is 1.03. The Bertz CT molecular complexity index is 568. The number of nitrogens with zero attached hydrogens (tertiary/aromatic N) is 1. The number of rotatable bonds is 6. The highest BCUT2D eigenvalue weighted by atomic mass is 16.5. The van der Waals surface area contributed by atoms with Crippen LogP contribution in [0.15, 0.2) is 54.6 Å². The number of hydrogen-bond donors (Lipinski definition) is 1. The van der Waals surface area contributed by atoms with Gasteiger partial charge >= 0.3 is 0 Å². The van der Waals surface area contributed by atoms with Crippen LogP contribution in [0.5, 0.6) is 11.5 Å². The van der Waals surface area contributed by atoms with Crippen LogP contribution in [0.1, 0.15) is 0 Å². The fraction of sp³-hybridized carbons (Fsp3) is 0.333. The molecule has 0 bridgehead atoms. The number of ether oxygens (including phenoxy) is 2. The molecule has 116 valence electrons. The third kappa shape index (κ3) is 4.23. The zero-order chi connectivity index (χ0) is 15.0. The Balaban J connectivity index is 1.56. The van der Waals surface area contributed by atoms with E-state index in [-0.39, 0.29) is 0 Å². The quantitative estimate of drug-likeness (QED) is 0.888. The molecule has 1 fully saturated rings. The molecule has 0 unspecified atom stereocenters. The van der Waals surface area contributed by atoms with Gasteiger partial charge in [0.25, 0.3) is 0 Å². The predicted octanol–water partition coefficient (Wildman–Crippen LogP) is 3.22. The summed E-state index contributed by atoms with van der Waals surface area (Å²) in [5.74, 6) is 1.71. The summed E-state index contributed by atoms with van der Waals surface area (Å²) in [6.07, 6.45) is 0. The van der Waals surface area contributed by atoms with E-state index in [9.17, 15) is 0 Å². The van der Waals surface area contributed by atoms with E-state index in [1.54, 1.807) is 0 Å². The summed E-state index contributed by atoms with van der Waals surface area (Å²) >= 11 is 0. The van der Waals surface area contributed by atoms with E-state index in [2.05, 4.69) is 16.3 Å². The molecule has 0 amide bonds. The fourth-order valence-electron chi connectivity index (χ4n) is 2.49. The maximum absolute atomic E-state index is 5.96. The predicted molar refractivity (Wildman–Crippen MR) is 88.7 cm³/mol. The Morgan fingerprint density at radius 1 is 0.955 bits per heavy atom. The van der Waals surface area contributed by atoms with Gasteiger partial charge in [-0.05, 0) is 24.3 Å². The van der Waals surface area contributed by atoms with E-state index in [1.807, 2.05) is 48.5 Å². The first kappa shape index (κ1) is 14.9.